The Morgan fingerprint density at radius 1 is 1.23 bits per heavy atom. The number of carbonyl (C=O) groups excluding carboxylic acids is 1. The second-order valence-corrected chi connectivity index (χ2v) is 8.01. The molecule has 0 spiro atoms. The SMILES string of the molecule is COc1cccc([C@@H](CC(=O)NCc2ccccc2)c2cnc3n2[C@H](C)CCC3)c1. The van der Waals surface area contributed by atoms with Crippen molar-refractivity contribution < 1.29 is 9.53 Å². The Labute approximate surface area is 178 Å². The highest BCUT2D eigenvalue weighted by Crippen LogP contribution is 2.35. The van der Waals surface area contributed by atoms with Gasteiger partial charge in [0.2, 0.25) is 5.91 Å². The molecule has 3 aromatic rings. The molecule has 2 aromatic carbocycles. The summed E-state index contributed by atoms with van der Waals surface area (Å²) >= 11 is 0. The third-order valence-corrected chi connectivity index (χ3v) is 5.94. The average Bonchev–Trinajstić information content (AvgIpc) is 3.22. The van der Waals surface area contributed by atoms with Crippen LogP contribution in [0.3, 0.4) is 0 Å². The summed E-state index contributed by atoms with van der Waals surface area (Å²) in [5, 5.41) is 3.08. The molecule has 0 fully saturated rings. The number of aromatic nitrogens is 2. The van der Waals surface area contributed by atoms with Crippen molar-refractivity contribution in [3.05, 3.63) is 83.4 Å². The van der Waals surface area contributed by atoms with E-state index in [1.165, 1.54) is 6.42 Å². The van der Waals surface area contributed by atoms with E-state index >= 15 is 0 Å². The lowest BCUT2D eigenvalue weighted by Gasteiger charge is -2.27. The largest absolute Gasteiger partial charge is 0.497 e. The van der Waals surface area contributed by atoms with Crippen LogP contribution >= 0.6 is 0 Å². The van der Waals surface area contributed by atoms with Crippen LogP contribution in [0.1, 0.15) is 60.8 Å². The van der Waals surface area contributed by atoms with Gasteiger partial charge >= 0.3 is 0 Å². The summed E-state index contributed by atoms with van der Waals surface area (Å²) in [5.74, 6) is 1.89. The van der Waals surface area contributed by atoms with Crippen LogP contribution in [0.4, 0.5) is 0 Å². The summed E-state index contributed by atoms with van der Waals surface area (Å²) in [7, 11) is 1.67. The van der Waals surface area contributed by atoms with Crippen LogP contribution in [-0.2, 0) is 17.8 Å². The third kappa shape index (κ3) is 4.40. The van der Waals surface area contributed by atoms with E-state index in [1.54, 1.807) is 7.11 Å². The smallest absolute Gasteiger partial charge is 0.221 e. The van der Waals surface area contributed by atoms with Gasteiger partial charge in [0.05, 0.1) is 7.11 Å². The predicted molar refractivity (Wildman–Crippen MR) is 118 cm³/mol. The monoisotopic (exact) mass is 403 g/mol. The number of methoxy groups -OCH3 is 1. The lowest BCUT2D eigenvalue weighted by molar-refractivity contribution is -0.121. The van der Waals surface area contributed by atoms with Crippen molar-refractivity contribution in [1.82, 2.24) is 14.9 Å². The maximum atomic E-state index is 12.9. The lowest BCUT2D eigenvalue weighted by atomic mass is 9.91. The molecule has 0 saturated carbocycles. The average molecular weight is 404 g/mol. The molecule has 5 nitrogen and oxygen atoms in total. The number of imidazole rings is 1. The molecule has 0 aliphatic carbocycles. The molecule has 1 aliphatic heterocycles. The molecular formula is C25H29N3O2. The van der Waals surface area contributed by atoms with Crippen LogP contribution in [0.25, 0.3) is 0 Å². The summed E-state index contributed by atoms with van der Waals surface area (Å²) in [6, 6.07) is 18.4. The Morgan fingerprint density at radius 3 is 2.87 bits per heavy atom. The quantitative estimate of drug-likeness (QED) is 0.626. The number of benzene rings is 2. The molecule has 5 heteroatoms. The number of fused-ring (bicyclic) bond motifs is 1. The normalized spacial score (nSPS) is 16.5. The van der Waals surface area contributed by atoms with Gasteiger partial charge in [-0.15, -0.1) is 0 Å². The summed E-state index contributed by atoms with van der Waals surface area (Å²) < 4.78 is 7.79. The van der Waals surface area contributed by atoms with Gasteiger partial charge in [-0.3, -0.25) is 4.79 Å². The third-order valence-electron chi connectivity index (χ3n) is 5.94. The molecule has 0 saturated heterocycles. The number of nitrogens with zero attached hydrogens (tertiary/aromatic N) is 2. The van der Waals surface area contributed by atoms with Gasteiger partial charge in [0.1, 0.15) is 11.6 Å². The Morgan fingerprint density at radius 2 is 2.07 bits per heavy atom. The van der Waals surface area contributed by atoms with E-state index in [9.17, 15) is 4.79 Å². The minimum Gasteiger partial charge on any atom is -0.497 e. The molecule has 0 bridgehead atoms. The number of hydrogen-bond acceptors (Lipinski definition) is 3. The van der Waals surface area contributed by atoms with Crippen LogP contribution in [0.5, 0.6) is 5.75 Å². The van der Waals surface area contributed by atoms with Crippen molar-refractivity contribution in [2.24, 2.45) is 0 Å². The van der Waals surface area contributed by atoms with Crippen molar-refractivity contribution in [2.75, 3.05) is 7.11 Å². The molecule has 156 valence electrons. The van der Waals surface area contributed by atoms with E-state index in [4.69, 9.17) is 9.72 Å². The first-order chi connectivity index (χ1) is 14.7. The highest BCUT2D eigenvalue weighted by atomic mass is 16.5. The fourth-order valence-electron chi connectivity index (χ4n) is 4.36. The van der Waals surface area contributed by atoms with Gasteiger partial charge in [-0.25, -0.2) is 4.98 Å². The van der Waals surface area contributed by atoms with Crippen LogP contribution in [0.15, 0.2) is 60.8 Å². The van der Waals surface area contributed by atoms with Crippen molar-refractivity contribution in [3.63, 3.8) is 0 Å². The van der Waals surface area contributed by atoms with E-state index in [-0.39, 0.29) is 11.8 Å². The van der Waals surface area contributed by atoms with Gasteiger partial charge in [-0.1, -0.05) is 42.5 Å². The number of hydrogen-bond donors (Lipinski definition) is 1. The summed E-state index contributed by atoms with van der Waals surface area (Å²) in [4.78, 5) is 17.6. The Balaban J connectivity index is 1.61. The van der Waals surface area contributed by atoms with Gasteiger partial charge < -0.3 is 14.6 Å². The van der Waals surface area contributed by atoms with Crippen molar-refractivity contribution in [3.8, 4) is 5.75 Å². The Kier molecular flexibility index (Phi) is 6.17. The topological polar surface area (TPSA) is 56.1 Å². The second-order valence-electron chi connectivity index (χ2n) is 8.01. The first-order valence-electron chi connectivity index (χ1n) is 10.7. The fraction of sp³-hybridized carbons (Fsp3) is 0.360. The van der Waals surface area contributed by atoms with E-state index in [0.717, 1.165) is 41.2 Å². The fourth-order valence-corrected chi connectivity index (χ4v) is 4.36. The van der Waals surface area contributed by atoms with Crippen molar-refractivity contribution in [2.45, 2.75) is 51.1 Å². The number of ether oxygens (including phenoxy) is 1. The van der Waals surface area contributed by atoms with Crippen molar-refractivity contribution in [1.29, 1.82) is 0 Å². The van der Waals surface area contributed by atoms with E-state index in [0.29, 0.717) is 19.0 Å². The minimum atomic E-state index is -0.0716. The zero-order valence-corrected chi connectivity index (χ0v) is 17.7. The number of rotatable bonds is 7. The highest BCUT2D eigenvalue weighted by molar-refractivity contribution is 5.77. The summed E-state index contributed by atoms with van der Waals surface area (Å²) in [5.41, 5.74) is 3.28. The second kappa shape index (κ2) is 9.16. The number of nitrogens with one attached hydrogen (secondary N) is 1. The maximum absolute atomic E-state index is 12.9. The van der Waals surface area contributed by atoms with Gasteiger partial charge in [0, 0.05) is 43.2 Å². The van der Waals surface area contributed by atoms with Gasteiger partial charge in [0.15, 0.2) is 0 Å². The maximum Gasteiger partial charge on any atom is 0.221 e. The first kappa shape index (κ1) is 20.2. The molecule has 1 aliphatic rings. The van der Waals surface area contributed by atoms with Gasteiger partial charge in [0.25, 0.3) is 0 Å². The summed E-state index contributed by atoms with van der Waals surface area (Å²) in [6.07, 6.45) is 5.64. The predicted octanol–water partition coefficient (Wildman–Crippen LogP) is 4.63. The molecule has 2 atom stereocenters. The molecule has 2 heterocycles. The molecule has 0 radical (unpaired) electrons. The van der Waals surface area contributed by atoms with Gasteiger partial charge in [-0.2, -0.15) is 0 Å². The van der Waals surface area contributed by atoms with E-state index in [1.807, 2.05) is 54.7 Å². The number of carbonyl (C=O) groups is 1. The number of aryl methyl sites for hydroxylation is 1. The Hall–Kier alpha value is -3.08. The van der Waals surface area contributed by atoms with E-state index in [2.05, 4.69) is 22.9 Å². The molecule has 30 heavy (non-hydrogen) atoms. The summed E-state index contributed by atoms with van der Waals surface area (Å²) in [6.45, 7) is 2.78. The first-order valence-corrected chi connectivity index (χ1v) is 10.7. The molecule has 1 amide bonds. The zero-order valence-electron chi connectivity index (χ0n) is 17.7. The van der Waals surface area contributed by atoms with Crippen LogP contribution in [0.2, 0.25) is 0 Å². The molecule has 4 rings (SSSR count). The molecule has 0 unspecified atom stereocenters. The number of amides is 1. The zero-order chi connectivity index (χ0) is 20.9. The standard InChI is InChI=1S/C25H29N3O2/c1-18-8-6-13-24-26-17-23(28(18)24)22(20-11-7-12-21(14-20)30-2)15-25(29)27-16-19-9-4-3-5-10-19/h3-5,7,9-12,14,17-18,22H,6,8,13,15-16H2,1-2H3,(H,27,29)/t18-,22-/m1/s1. The molecular weight excluding hydrogens is 374 g/mol. The minimum absolute atomic E-state index is 0.0330. The molecule has 1 aromatic heterocycles. The van der Waals surface area contributed by atoms with Crippen LogP contribution < -0.4 is 10.1 Å². The molecule has 1 N–H and O–H groups in total. The van der Waals surface area contributed by atoms with Crippen LogP contribution in [0, 0.1) is 0 Å². The Bertz CT molecular complexity index is 997. The van der Waals surface area contributed by atoms with Crippen molar-refractivity contribution >= 4 is 5.91 Å². The van der Waals surface area contributed by atoms with Gasteiger partial charge in [-0.05, 0) is 43.0 Å². The lowest BCUT2D eigenvalue weighted by Crippen LogP contribution is -2.26. The highest BCUT2D eigenvalue weighted by Gasteiger charge is 2.27. The van der Waals surface area contributed by atoms with Crippen LogP contribution in [-0.4, -0.2) is 22.6 Å². The van der Waals surface area contributed by atoms with E-state index < -0.39 is 0 Å².